The van der Waals surface area contributed by atoms with E-state index < -0.39 is 0 Å². The molecule has 0 radical (unpaired) electrons. The van der Waals surface area contributed by atoms with Crippen LogP contribution in [-0.4, -0.2) is 59.2 Å². The highest BCUT2D eigenvalue weighted by Gasteiger charge is 2.13. The first-order valence-corrected chi connectivity index (χ1v) is 7.59. The van der Waals surface area contributed by atoms with Gasteiger partial charge in [-0.2, -0.15) is 15.0 Å². The highest BCUT2D eigenvalue weighted by molar-refractivity contribution is 5.37. The maximum absolute atomic E-state index is 5.66. The van der Waals surface area contributed by atoms with E-state index in [4.69, 9.17) is 10.6 Å². The number of anilines is 2. The summed E-state index contributed by atoms with van der Waals surface area (Å²) in [7, 11) is 0. The largest absolute Gasteiger partial charge is 0.462 e. The molecular formula is C13H25N7O. The van der Waals surface area contributed by atoms with Gasteiger partial charge in [0.15, 0.2) is 0 Å². The van der Waals surface area contributed by atoms with Crippen molar-refractivity contribution < 1.29 is 4.74 Å². The Morgan fingerprint density at radius 1 is 1.19 bits per heavy atom. The molecule has 1 aliphatic heterocycles. The van der Waals surface area contributed by atoms with Gasteiger partial charge in [0.1, 0.15) is 6.61 Å². The third kappa shape index (κ3) is 4.40. The fourth-order valence-electron chi connectivity index (χ4n) is 2.40. The van der Waals surface area contributed by atoms with Gasteiger partial charge in [-0.1, -0.05) is 0 Å². The van der Waals surface area contributed by atoms with Gasteiger partial charge in [-0.3, -0.25) is 10.3 Å². The lowest BCUT2D eigenvalue weighted by Crippen LogP contribution is -2.27. The van der Waals surface area contributed by atoms with Crippen molar-refractivity contribution in [3.8, 4) is 6.01 Å². The van der Waals surface area contributed by atoms with Crippen molar-refractivity contribution >= 4 is 11.9 Å². The second kappa shape index (κ2) is 7.94. The van der Waals surface area contributed by atoms with E-state index in [2.05, 4.69) is 39.1 Å². The first kappa shape index (κ1) is 15.7. The Morgan fingerprint density at radius 2 is 1.90 bits per heavy atom. The summed E-state index contributed by atoms with van der Waals surface area (Å²) in [5.41, 5.74) is 2.46. The number of ether oxygens (including phenoxy) is 1. The lowest BCUT2D eigenvalue weighted by molar-refractivity contribution is 0.225. The lowest BCUT2D eigenvalue weighted by Gasteiger charge is -2.19. The Balaban J connectivity index is 1.98. The van der Waals surface area contributed by atoms with Gasteiger partial charge < -0.3 is 9.64 Å². The summed E-state index contributed by atoms with van der Waals surface area (Å²) in [5.74, 6) is 6.32. The van der Waals surface area contributed by atoms with E-state index in [1.54, 1.807) is 0 Å². The molecule has 1 aromatic heterocycles. The predicted molar refractivity (Wildman–Crippen MR) is 82.4 cm³/mol. The van der Waals surface area contributed by atoms with Crippen LogP contribution in [0.2, 0.25) is 0 Å². The van der Waals surface area contributed by atoms with Gasteiger partial charge in [0.25, 0.3) is 0 Å². The second-order valence-electron chi connectivity index (χ2n) is 4.96. The molecular weight excluding hydrogens is 270 g/mol. The monoisotopic (exact) mass is 295 g/mol. The SMILES string of the molecule is CCN(CC)c1nc(NN)nc(OCCN2CCCC2)n1. The van der Waals surface area contributed by atoms with E-state index in [0.717, 1.165) is 32.7 Å². The van der Waals surface area contributed by atoms with Crippen molar-refractivity contribution in [3.63, 3.8) is 0 Å². The van der Waals surface area contributed by atoms with Gasteiger partial charge >= 0.3 is 6.01 Å². The van der Waals surface area contributed by atoms with Crippen LogP contribution in [0.4, 0.5) is 11.9 Å². The Bertz CT molecular complexity index is 433. The normalized spacial score (nSPS) is 15.2. The number of likely N-dealkylation sites (tertiary alicyclic amines) is 1. The second-order valence-corrected chi connectivity index (χ2v) is 4.96. The van der Waals surface area contributed by atoms with Crippen molar-refractivity contribution in [1.82, 2.24) is 19.9 Å². The number of nitrogens with two attached hydrogens (primary N) is 1. The molecule has 0 atom stereocenters. The minimum absolute atomic E-state index is 0.319. The van der Waals surface area contributed by atoms with E-state index in [1.807, 2.05) is 4.90 Å². The number of hydrogen-bond donors (Lipinski definition) is 2. The molecule has 0 amide bonds. The lowest BCUT2D eigenvalue weighted by atomic mass is 10.4. The van der Waals surface area contributed by atoms with Gasteiger partial charge in [0.05, 0.1) is 0 Å². The molecule has 21 heavy (non-hydrogen) atoms. The third-order valence-corrected chi connectivity index (χ3v) is 3.62. The van der Waals surface area contributed by atoms with Crippen molar-refractivity contribution in [1.29, 1.82) is 0 Å². The molecule has 8 heteroatoms. The average molecular weight is 295 g/mol. The molecule has 0 aromatic carbocycles. The highest BCUT2D eigenvalue weighted by Crippen LogP contribution is 2.14. The van der Waals surface area contributed by atoms with Crippen LogP contribution in [0.1, 0.15) is 26.7 Å². The van der Waals surface area contributed by atoms with E-state index in [-0.39, 0.29) is 0 Å². The standard InChI is InChI=1S/C13H25N7O/c1-3-20(4-2)12-15-11(18-14)16-13(17-12)21-10-9-19-7-5-6-8-19/h3-10,14H2,1-2H3,(H,15,16,17,18). The number of hydrogen-bond acceptors (Lipinski definition) is 8. The van der Waals surface area contributed by atoms with Crippen molar-refractivity contribution in [2.24, 2.45) is 5.84 Å². The number of nitrogen functional groups attached to an aromatic ring is 1. The van der Waals surface area contributed by atoms with E-state index in [1.165, 1.54) is 12.8 Å². The van der Waals surface area contributed by atoms with Crippen molar-refractivity contribution in [2.75, 3.05) is 49.7 Å². The fourth-order valence-corrected chi connectivity index (χ4v) is 2.40. The molecule has 0 unspecified atom stereocenters. The Morgan fingerprint density at radius 3 is 2.52 bits per heavy atom. The molecule has 1 aromatic rings. The quantitative estimate of drug-likeness (QED) is 0.528. The zero-order valence-electron chi connectivity index (χ0n) is 12.9. The first-order valence-electron chi connectivity index (χ1n) is 7.59. The van der Waals surface area contributed by atoms with Gasteiger partial charge in [-0.05, 0) is 39.8 Å². The van der Waals surface area contributed by atoms with E-state index >= 15 is 0 Å². The average Bonchev–Trinajstić information content (AvgIpc) is 3.01. The summed E-state index contributed by atoms with van der Waals surface area (Å²) in [5, 5.41) is 0. The maximum atomic E-state index is 5.66. The Kier molecular flexibility index (Phi) is 5.94. The molecule has 2 heterocycles. The minimum atomic E-state index is 0.319. The molecule has 118 valence electrons. The summed E-state index contributed by atoms with van der Waals surface area (Å²) in [4.78, 5) is 17.2. The first-order chi connectivity index (χ1) is 10.3. The number of aromatic nitrogens is 3. The molecule has 8 nitrogen and oxygen atoms in total. The molecule has 3 N–H and O–H groups in total. The highest BCUT2D eigenvalue weighted by atomic mass is 16.5. The van der Waals surface area contributed by atoms with Crippen LogP contribution in [0.5, 0.6) is 6.01 Å². The molecule has 0 spiro atoms. The van der Waals surface area contributed by atoms with Crippen LogP contribution in [0, 0.1) is 0 Å². The van der Waals surface area contributed by atoms with Crippen LogP contribution in [-0.2, 0) is 0 Å². The minimum Gasteiger partial charge on any atom is -0.462 e. The van der Waals surface area contributed by atoms with E-state index in [0.29, 0.717) is 24.5 Å². The number of nitrogens with zero attached hydrogens (tertiary/aromatic N) is 5. The molecule has 1 fully saturated rings. The van der Waals surface area contributed by atoms with Gasteiger partial charge in [0.2, 0.25) is 11.9 Å². The predicted octanol–water partition coefficient (Wildman–Crippen LogP) is 0.478. The zero-order chi connectivity index (χ0) is 15.1. The van der Waals surface area contributed by atoms with Crippen LogP contribution >= 0.6 is 0 Å². The summed E-state index contributed by atoms with van der Waals surface area (Å²) in [6.07, 6.45) is 2.55. The molecule has 2 rings (SSSR count). The number of nitrogens with one attached hydrogen (secondary N) is 1. The topological polar surface area (TPSA) is 92.4 Å². The van der Waals surface area contributed by atoms with Crippen molar-refractivity contribution in [3.05, 3.63) is 0 Å². The summed E-state index contributed by atoms with van der Waals surface area (Å²) in [6.45, 7) is 9.52. The van der Waals surface area contributed by atoms with Gasteiger partial charge in [-0.15, -0.1) is 0 Å². The molecule has 0 aliphatic carbocycles. The summed E-state index contributed by atoms with van der Waals surface area (Å²) in [6, 6.07) is 0.319. The Labute approximate surface area is 125 Å². The van der Waals surface area contributed by atoms with Crippen LogP contribution in [0.3, 0.4) is 0 Å². The van der Waals surface area contributed by atoms with Crippen LogP contribution in [0.25, 0.3) is 0 Å². The van der Waals surface area contributed by atoms with Crippen molar-refractivity contribution in [2.45, 2.75) is 26.7 Å². The molecule has 1 aliphatic rings. The van der Waals surface area contributed by atoms with Crippen LogP contribution < -0.4 is 20.9 Å². The van der Waals surface area contributed by atoms with Gasteiger partial charge in [0, 0.05) is 19.6 Å². The fraction of sp³-hybridized carbons (Fsp3) is 0.769. The molecule has 0 saturated carbocycles. The zero-order valence-corrected chi connectivity index (χ0v) is 12.9. The number of rotatable bonds is 8. The summed E-state index contributed by atoms with van der Waals surface area (Å²) >= 11 is 0. The summed E-state index contributed by atoms with van der Waals surface area (Å²) < 4.78 is 5.66. The third-order valence-electron chi connectivity index (χ3n) is 3.62. The maximum Gasteiger partial charge on any atom is 0.323 e. The van der Waals surface area contributed by atoms with Gasteiger partial charge in [-0.25, -0.2) is 5.84 Å². The Hall–Kier alpha value is -1.67. The molecule has 0 bridgehead atoms. The molecule has 1 saturated heterocycles. The smallest absolute Gasteiger partial charge is 0.323 e. The van der Waals surface area contributed by atoms with Crippen LogP contribution in [0.15, 0.2) is 0 Å². The number of hydrazine groups is 1. The van der Waals surface area contributed by atoms with E-state index in [9.17, 15) is 0 Å².